The molecule has 13 heavy (non-hydrogen) atoms. The zero-order valence-corrected chi connectivity index (χ0v) is 7.69. The fraction of sp³-hybridized carbons (Fsp3) is 0. The van der Waals surface area contributed by atoms with Crippen molar-refractivity contribution in [1.29, 1.82) is 0 Å². The van der Waals surface area contributed by atoms with Crippen LogP contribution in [0.3, 0.4) is 0 Å². The third-order valence-electron chi connectivity index (χ3n) is 1.28. The number of hydrogen-bond acceptors (Lipinski definition) is 4. The highest BCUT2D eigenvalue weighted by Crippen LogP contribution is 2.20. The molecule has 0 saturated carbocycles. The zero-order valence-electron chi connectivity index (χ0n) is 6.10. The van der Waals surface area contributed by atoms with Gasteiger partial charge in [-0.15, -0.1) is 0 Å². The Hall–Kier alpha value is -1.50. The lowest BCUT2D eigenvalue weighted by Gasteiger charge is -1.96. The van der Waals surface area contributed by atoms with Gasteiger partial charge in [0.05, 0.1) is 4.92 Å². The van der Waals surface area contributed by atoms with Crippen LogP contribution in [0.4, 0.5) is 5.69 Å². The van der Waals surface area contributed by atoms with Gasteiger partial charge < -0.3 is 5.11 Å². The second-order valence-electron chi connectivity index (χ2n) is 2.09. The molecule has 0 aliphatic carbocycles. The molecule has 0 radical (unpaired) electrons. The van der Waals surface area contributed by atoms with E-state index in [1.165, 1.54) is 0 Å². The first kappa shape index (κ1) is 9.59. The Morgan fingerprint density at radius 1 is 1.69 bits per heavy atom. The molecule has 0 atom stereocenters. The standard InChI is InChI=1S/C6H3BrN2O4/c7-5-1-4(9(12)13)3(2-8-5)6(10)11/h1-2H,(H,10,11). The van der Waals surface area contributed by atoms with E-state index in [0.29, 0.717) is 0 Å². The van der Waals surface area contributed by atoms with Crippen molar-refractivity contribution >= 4 is 27.6 Å². The van der Waals surface area contributed by atoms with Crippen LogP contribution in [0.25, 0.3) is 0 Å². The van der Waals surface area contributed by atoms with E-state index in [0.717, 1.165) is 12.3 Å². The second-order valence-corrected chi connectivity index (χ2v) is 2.90. The monoisotopic (exact) mass is 246 g/mol. The molecule has 7 heteroatoms. The number of nitro groups is 1. The Kier molecular flexibility index (Phi) is 2.57. The molecule has 0 amide bonds. The SMILES string of the molecule is O=C(O)c1cnc(Br)cc1[N+](=O)[O-]. The first-order chi connectivity index (χ1) is 6.02. The van der Waals surface area contributed by atoms with E-state index in [1.807, 2.05) is 0 Å². The molecule has 0 saturated heterocycles. The van der Waals surface area contributed by atoms with E-state index >= 15 is 0 Å². The van der Waals surface area contributed by atoms with Crippen molar-refractivity contribution in [3.63, 3.8) is 0 Å². The highest BCUT2D eigenvalue weighted by Gasteiger charge is 2.20. The predicted octanol–water partition coefficient (Wildman–Crippen LogP) is 1.45. The summed E-state index contributed by atoms with van der Waals surface area (Å²) in [6.07, 6.45) is 0.935. The maximum absolute atomic E-state index is 10.5. The van der Waals surface area contributed by atoms with Crippen molar-refractivity contribution in [2.75, 3.05) is 0 Å². The van der Waals surface area contributed by atoms with E-state index in [-0.39, 0.29) is 4.60 Å². The van der Waals surface area contributed by atoms with Gasteiger partial charge in [-0.25, -0.2) is 9.78 Å². The minimum atomic E-state index is -1.37. The smallest absolute Gasteiger partial charge is 0.344 e. The molecule has 6 nitrogen and oxygen atoms in total. The Balaban J connectivity index is 3.35. The minimum Gasteiger partial charge on any atom is -0.477 e. The van der Waals surface area contributed by atoms with Crippen molar-refractivity contribution in [2.45, 2.75) is 0 Å². The maximum Gasteiger partial charge on any atom is 0.344 e. The van der Waals surface area contributed by atoms with Gasteiger partial charge in [-0.3, -0.25) is 10.1 Å². The van der Waals surface area contributed by atoms with Gasteiger partial charge in [0.15, 0.2) is 5.56 Å². The van der Waals surface area contributed by atoms with Crippen LogP contribution in [0.1, 0.15) is 10.4 Å². The number of carbonyl (C=O) groups is 1. The van der Waals surface area contributed by atoms with Crippen LogP contribution in [-0.4, -0.2) is 21.0 Å². The van der Waals surface area contributed by atoms with Gasteiger partial charge in [-0.1, -0.05) is 0 Å². The summed E-state index contributed by atoms with van der Waals surface area (Å²) in [5.74, 6) is -1.37. The van der Waals surface area contributed by atoms with E-state index < -0.39 is 22.1 Å². The second kappa shape index (κ2) is 3.48. The Morgan fingerprint density at radius 3 is 2.77 bits per heavy atom. The Labute approximate surface area is 80.5 Å². The first-order valence-corrected chi connectivity index (χ1v) is 3.85. The third-order valence-corrected chi connectivity index (χ3v) is 1.71. The lowest BCUT2D eigenvalue weighted by Crippen LogP contribution is -2.03. The summed E-state index contributed by atoms with van der Waals surface area (Å²) in [5, 5.41) is 18.9. The molecule has 0 aliphatic heterocycles. The summed E-state index contributed by atoms with van der Waals surface area (Å²) in [6, 6.07) is 1.05. The van der Waals surface area contributed by atoms with Crippen LogP contribution in [0.2, 0.25) is 0 Å². The van der Waals surface area contributed by atoms with Gasteiger partial charge in [0.2, 0.25) is 0 Å². The number of carboxylic acids is 1. The molecule has 68 valence electrons. The van der Waals surface area contributed by atoms with E-state index in [4.69, 9.17) is 5.11 Å². The van der Waals surface area contributed by atoms with Gasteiger partial charge in [0.1, 0.15) is 4.60 Å². The Bertz CT molecular complexity index is 379. The summed E-state index contributed by atoms with van der Waals surface area (Å²) >= 11 is 2.91. The largest absolute Gasteiger partial charge is 0.477 e. The zero-order chi connectivity index (χ0) is 10.0. The molecule has 0 bridgehead atoms. The molecule has 1 N–H and O–H groups in total. The van der Waals surface area contributed by atoms with Crippen molar-refractivity contribution < 1.29 is 14.8 Å². The van der Waals surface area contributed by atoms with Crippen LogP contribution < -0.4 is 0 Å². The average Bonchev–Trinajstić information content (AvgIpc) is 2.03. The van der Waals surface area contributed by atoms with Gasteiger partial charge in [0.25, 0.3) is 5.69 Å². The quantitative estimate of drug-likeness (QED) is 0.484. The molecule has 0 fully saturated rings. The molecule has 1 aromatic rings. The van der Waals surface area contributed by atoms with Gasteiger partial charge in [-0.2, -0.15) is 0 Å². The molecule has 0 spiro atoms. The topological polar surface area (TPSA) is 93.3 Å². The summed E-state index contributed by atoms with van der Waals surface area (Å²) in [4.78, 5) is 23.7. The van der Waals surface area contributed by atoms with Gasteiger partial charge in [-0.05, 0) is 15.9 Å². The predicted molar refractivity (Wildman–Crippen MR) is 45.6 cm³/mol. The van der Waals surface area contributed by atoms with Crippen molar-refractivity contribution in [3.8, 4) is 0 Å². The number of aromatic carboxylic acids is 1. The van der Waals surface area contributed by atoms with Crippen molar-refractivity contribution in [1.82, 2.24) is 4.98 Å². The van der Waals surface area contributed by atoms with Crippen LogP contribution in [0, 0.1) is 10.1 Å². The lowest BCUT2D eigenvalue weighted by molar-refractivity contribution is -0.385. The molecule has 0 aromatic carbocycles. The highest BCUT2D eigenvalue weighted by atomic mass is 79.9. The fourth-order valence-corrected chi connectivity index (χ4v) is 1.06. The third kappa shape index (κ3) is 2.00. The molecule has 1 heterocycles. The van der Waals surface area contributed by atoms with Crippen molar-refractivity contribution in [2.24, 2.45) is 0 Å². The number of carboxylic acid groups (broad SMARTS) is 1. The summed E-state index contributed by atoms with van der Waals surface area (Å²) < 4.78 is 0.226. The number of aromatic nitrogens is 1. The molecular formula is C6H3BrN2O4. The van der Waals surface area contributed by atoms with E-state index in [9.17, 15) is 14.9 Å². The van der Waals surface area contributed by atoms with E-state index in [2.05, 4.69) is 20.9 Å². The highest BCUT2D eigenvalue weighted by molar-refractivity contribution is 9.10. The average molecular weight is 247 g/mol. The number of hydrogen-bond donors (Lipinski definition) is 1. The first-order valence-electron chi connectivity index (χ1n) is 3.05. The minimum absolute atomic E-state index is 0.226. The van der Waals surface area contributed by atoms with Gasteiger partial charge >= 0.3 is 5.97 Å². The molecule has 1 rings (SSSR count). The van der Waals surface area contributed by atoms with Gasteiger partial charge in [0, 0.05) is 12.3 Å². The summed E-state index contributed by atoms with van der Waals surface area (Å²) in [6.45, 7) is 0. The van der Waals surface area contributed by atoms with Crippen LogP contribution in [0.5, 0.6) is 0 Å². The maximum atomic E-state index is 10.5. The Morgan fingerprint density at radius 2 is 2.31 bits per heavy atom. The van der Waals surface area contributed by atoms with Crippen molar-refractivity contribution in [3.05, 3.63) is 32.5 Å². The van der Waals surface area contributed by atoms with Crippen LogP contribution >= 0.6 is 15.9 Å². The lowest BCUT2D eigenvalue weighted by atomic mass is 10.2. The number of rotatable bonds is 2. The molecule has 1 aromatic heterocycles. The molecular weight excluding hydrogens is 244 g/mol. The van der Waals surface area contributed by atoms with E-state index in [1.54, 1.807) is 0 Å². The normalized spacial score (nSPS) is 9.62. The molecule has 0 aliphatic rings. The van der Waals surface area contributed by atoms with Crippen LogP contribution in [-0.2, 0) is 0 Å². The number of pyridine rings is 1. The number of halogens is 1. The molecule has 0 unspecified atom stereocenters. The summed E-state index contributed by atoms with van der Waals surface area (Å²) in [7, 11) is 0. The number of nitrogens with zero attached hydrogens (tertiary/aromatic N) is 2. The van der Waals surface area contributed by atoms with Crippen LogP contribution in [0.15, 0.2) is 16.9 Å². The fourth-order valence-electron chi connectivity index (χ4n) is 0.736. The summed E-state index contributed by atoms with van der Waals surface area (Å²) in [5.41, 5.74) is -0.900.